The maximum atomic E-state index is 12.6. The van der Waals surface area contributed by atoms with Crippen molar-refractivity contribution in [2.45, 2.75) is 40.5 Å². The second-order valence-electron chi connectivity index (χ2n) is 7.97. The number of carbonyl (C=O) groups excluding carboxylic acids is 1. The van der Waals surface area contributed by atoms with E-state index in [1.54, 1.807) is 18.3 Å². The summed E-state index contributed by atoms with van der Waals surface area (Å²) in [4.78, 5) is 19.5. The van der Waals surface area contributed by atoms with Crippen LogP contribution in [-0.4, -0.2) is 42.0 Å². The lowest BCUT2D eigenvalue weighted by atomic mass is 9.92. The Bertz CT molecular complexity index is 785. The molecule has 6 nitrogen and oxygen atoms in total. The number of carbonyl (C=O) groups is 1. The van der Waals surface area contributed by atoms with Crippen molar-refractivity contribution < 1.29 is 4.79 Å². The number of anilines is 3. The number of piperidine rings is 1. The van der Waals surface area contributed by atoms with Crippen LogP contribution in [0, 0.1) is 11.8 Å². The summed E-state index contributed by atoms with van der Waals surface area (Å²) in [6.45, 7) is 12.6. The third-order valence-electron chi connectivity index (χ3n) is 5.08. The van der Waals surface area contributed by atoms with Crippen LogP contribution in [0.5, 0.6) is 0 Å². The Morgan fingerprint density at radius 2 is 1.90 bits per heavy atom. The molecule has 2 atom stereocenters. The molecule has 0 saturated carbocycles. The molecule has 6 heteroatoms. The third-order valence-corrected chi connectivity index (χ3v) is 5.08. The molecule has 0 radical (unpaired) electrons. The molecule has 164 valence electrons. The molecule has 3 rings (SSSR count). The molecular formula is C24H37N5O. The topological polar surface area (TPSA) is 83.3 Å². The van der Waals surface area contributed by atoms with Crippen molar-refractivity contribution in [3.8, 4) is 0 Å². The predicted octanol–water partition coefficient (Wildman–Crippen LogP) is 4.53. The number of hydrogen-bond donors (Lipinski definition) is 3. The standard InChI is InChI=1S/C22H31N5O.C2H6/c1-16-12-17(2)15-27(14-16)11-5-10-25-22(28)20-8-4-9-24-21(20)26-19-7-3-6-18(23)13-19;1-2/h3-4,6-9,13,16-17H,5,10-12,14-15,23H2,1-2H3,(H,24,26)(H,25,28);1-2H3. The summed E-state index contributed by atoms with van der Waals surface area (Å²) in [5.41, 5.74) is 7.83. The number of benzene rings is 1. The van der Waals surface area contributed by atoms with Crippen LogP contribution in [0.4, 0.5) is 17.2 Å². The number of nitrogens with one attached hydrogen (secondary N) is 2. The fraction of sp³-hybridized carbons (Fsp3) is 0.500. The van der Waals surface area contributed by atoms with E-state index in [0.717, 1.165) is 43.6 Å². The van der Waals surface area contributed by atoms with Crippen molar-refractivity contribution >= 4 is 23.1 Å². The zero-order valence-corrected chi connectivity index (χ0v) is 18.8. The van der Waals surface area contributed by atoms with Crippen LogP contribution in [0.1, 0.15) is 50.9 Å². The fourth-order valence-corrected chi connectivity index (χ4v) is 4.02. The molecular weight excluding hydrogens is 374 g/mol. The SMILES string of the molecule is CC.CC1CC(C)CN(CCCNC(=O)c2cccnc2Nc2cccc(N)c2)C1. The monoisotopic (exact) mass is 411 g/mol. The second kappa shape index (κ2) is 12.2. The maximum absolute atomic E-state index is 12.6. The summed E-state index contributed by atoms with van der Waals surface area (Å²) in [6, 6.07) is 11.0. The Morgan fingerprint density at radius 3 is 2.60 bits per heavy atom. The van der Waals surface area contributed by atoms with Gasteiger partial charge in [-0.25, -0.2) is 4.98 Å². The smallest absolute Gasteiger partial charge is 0.255 e. The summed E-state index contributed by atoms with van der Waals surface area (Å²) in [7, 11) is 0. The van der Waals surface area contributed by atoms with Crippen molar-refractivity contribution in [3.05, 3.63) is 48.2 Å². The largest absolute Gasteiger partial charge is 0.399 e. The zero-order chi connectivity index (χ0) is 21.9. The molecule has 1 aliphatic heterocycles. The molecule has 4 N–H and O–H groups in total. The van der Waals surface area contributed by atoms with E-state index in [0.29, 0.717) is 23.6 Å². The summed E-state index contributed by atoms with van der Waals surface area (Å²) in [5, 5.41) is 6.21. The zero-order valence-electron chi connectivity index (χ0n) is 18.8. The minimum absolute atomic E-state index is 0.111. The van der Waals surface area contributed by atoms with Crippen LogP contribution < -0.4 is 16.4 Å². The van der Waals surface area contributed by atoms with Gasteiger partial charge in [-0.05, 0) is 61.6 Å². The molecule has 1 fully saturated rings. The normalized spacial score (nSPS) is 18.8. The molecule has 2 aromatic rings. The summed E-state index contributed by atoms with van der Waals surface area (Å²) in [5.74, 6) is 1.94. The average molecular weight is 412 g/mol. The first-order chi connectivity index (χ1) is 14.5. The van der Waals surface area contributed by atoms with E-state index in [1.165, 1.54) is 6.42 Å². The van der Waals surface area contributed by atoms with Crippen molar-refractivity contribution in [2.75, 3.05) is 37.2 Å². The van der Waals surface area contributed by atoms with Crippen LogP contribution in [0.25, 0.3) is 0 Å². The van der Waals surface area contributed by atoms with E-state index in [1.807, 2.05) is 38.1 Å². The maximum Gasteiger partial charge on any atom is 0.255 e. The van der Waals surface area contributed by atoms with Gasteiger partial charge in [-0.1, -0.05) is 33.8 Å². The number of nitrogens with two attached hydrogens (primary N) is 1. The highest BCUT2D eigenvalue weighted by molar-refractivity contribution is 5.99. The lowest BCUT2D eigenvalue weighted by Gasteiger charge is -2.34. The highest BCUT2D eigenvalue weighted by atomic mass is 16.1. The van der Waals surface area contributed by atoms with Gasteiger partial charge in [0, 0.05) is 37.2 Å². The van der Waals surface area contributed by atoms with Gasteiger partial charge >= 0.3 is 0 Å². The second-order valence-corrected chi connectivity index (χ2v) is 7.97. The molecule has 1 saturated heterocycles. The van der Waals surface area contributed by atoms with Crippen molar-refractivity contribution in [1.29, 1.82) is 0 Å². The first-order valence-corrected chi connectivity index (χ1v) is 11.1. The fourth-order valence-electron chi connectivity index (χ4n) is 4.02. The van der Waals surface area contributed by atoms with Crippen molar-refractivity contribution in [1.82, 2.24) is 15.2 Å². The average Bonchev–Trinajstić information content (AvgIpc) is 2.72. The molecule has 0 bridgehead atoms. The van der Waals surface area contributed by atoms with Gasteiger partial charge in [-0.3, -0.25) is 4.79 Å². The molecule has 1 aliphatic rings. The summed E-state index contributed by atoms with van der Waals surface area (Å²) < 4.78 is 0. The summed E-state index contributed by atoms with van der Waals surface area (Å²) >= 11 is 0. The number of pyridine rings is 1. The van der Waals surface area contributed by atoms with E-state index in [4.69, 9.17) is 5.73 Å². The Labute approximate surface area is 181 Å². The van der Waals surface area contributed by atoms with Gasteiger partial charge < -0.3 is 21.3 Å². The Balaban J connectivity index is 0.00000155. The van der Waals surface area contributed by atoms with Crippen molar-refractivity contribution in [3.63, 3.8) is 0 Å². The van der Waals surface area contributed by atoms with Gasteiger partial charge in [0.1, 0.15) is 5.82 Å². The number of rotatable bonds is 7. The van der Waals surface area contributed by atoms with E-state index in [-0.39, 0.29) is 5.91 Å². The van der Waals surface area contributed by atoms with Gasteiger partial charge in [0.2, 0.25) is 0 Å². The van der Waals surface area contributed by atoms with E-state index in [2.05, 4.69) is 34.4 Å². The number of aromatic nitrogens is 1. The van der Waals surface area contributed by atoms with Gasteiger partial charge in [-0.15, -0.1) is 0 Å². The highest BCUT2D eigenvalue weighted by Crippen LogP contribution is 2.21. The Kier molecular flexibility index (Phi) is 9.61. The minimum Gasteiger partial charge on any atom is -0.399 e. The molecule has 2 unspecified atom stereocenters. The van der Waals surface area contributed by atoms with E-state index < -0.39 is 0 Å². The minimum atomic E-state index is -0.111. The quantitative estimate of drug-likeness (QED) is 0.460. The van der Waals surface area contributed by atoms with Crippen LogP contribution in [0.15, 0.2) is 42.6 Å². The van der Waals surface area contributed by atoms with Crippen LogP contribution in [0.2, 0.25) is 0 Å². The molecule has 0 spiro atoms. The molecule has 1 aromatic heterocycles. The molecule has 1 amide bonds. The van der Waals surface area contributed by atoms with Gasteiger partial charge in [0.15, 0.2) is 0 Å². The van der Waals surface area contributed by atoms with E-state index in [9.17, 15) is 4.79 Å². The van der Waals surface area contributed by atoms with Gasteiger partial charge in [0.25, 0.3) is 5.91 Å². The first-order valence-electron chi connectivity index (χ1n) is 11.1. The van der Waals surface area contributed by atoms with Gasteiger partial charge in [-0.2, -0.15) is 0 Å². The molecule has 1 aromatic carbocycles. The number of nitrogen functional groups attached to an aromatic ring is 1. The lowest BCUT2D eigenvalue weighted by molar-refractivity contribution is 0.0948. The first kappa shape index (κ1) is 23.7. The van der Waals surface area contributed by atoms with Crippen molar-refractivity contribution in [2.24, 2.45) is 11.8 Å². The van der Waals surface area contributed by atoms with Crippen LogP contribution >= 0.6 is 0 Å². The van der Waals surface area contributed by atoms with Crippen LogP contribution in [0.3, 0.4) is 0 Å². The predicted molar refractivity (Wildman–Crippen MR) is 126 cm³/mol. The highest BCUT2D eigenvalue weighted by Gasteiger charge is 2.21. The number of amides is 1. The number of nitrogens with zero attached hydrogens (tertiary/aromatic N) is 2. The Morgan fingerprint density at radius 1 is 1.17 bits per heavy atom. The molecule has 2 heterocycles. The number of hydrogen-bond acceptors (Lipinski definition) is 5. The van der Waals surface area contributed by atoms with Crippen LogP contribution in [-0.2, 0) is 0 Å². The van der Waals surface area contributed by atoms with E-state index >= 15 is 0 Å². The Hall–Kier alpha value is -2.60. The summed E-state index contributed by atoms with van der Waals surface area (Å²) in [6.07, 6.45) is 3.94. The number of likely N-dealkylation sites (tertiary alicyclic amines) is 1. The third kappa shape index (κ3) is 7.34. The molecule has 30 heavy (non-hydrogen) atoms. The lowest BCUT2D eigenvalue weighted by Crippen LogP contribution is -2.40. The molecule has 0 aliphatic carbocycles. The van der Waals surface area contributed by atoms with Gasteiger partial charge in [0.05, 0.1) is 5.56 Å².